The zero-order valence-electron chi connectivity index (χ0n) is 12.5. The Morgan fingerprint density at radius 2 is 2.08 bits per heavy atom. The SMILES string of the molecule is O=C1CC2(CCN(C(=O)Nc3ccc(F)cc3C(F)(F)F)C2)CN1. The van der Waals surface area contributed by atoms with Crippen LogP contribution >= 0.6 is 0 Å². The first-order valence-corrected chi connectivity index (χ1v) is 7.38. The van der Waals surface area contributed by atoms with Gasteiger partial charge in [0.2, 0.25) is 5.91 Å². The van der Waals surface area contributed by atoms with Crippen LogP contribution in [0.3, 0.4) is 0 Å². The molecule has 2 aliphatic rings. The van der Waals surface area contributed by atoms with Crippen LogP contribution in [0.1, 0.15) is 18.4 Å². The van der Waals surface area contributed by atoms with Crippen molar-refractivity contribution in [2.45, 2.75) is 19.0 Å². The van der Waals surface area contributed by atoms with Gasteiger partial charge in [-0.2, -0.15) is 13.2 Å². The minimum Gasteiger partial charge on any atom is -0.355 e. The molecule has 3 amide bonds. The van der Waals surface area contributed by atoms with Gasteiger partial charge in [0.05, 0.1) is 11.3 Å². The number of hydrogen-bond acceptors (Lipinski definition) is 2. The average Bonchev–Trinajstić information content (AvgIpc) is 3.07. The van der Waals surface area contributed by atoms with E-state index < -0.39 is 29.3 Å². The number of carbonyl (C=O) groups excluding carboxylic acids is 2. The zero-order chi connectivity index (χ0) is 17.5. The van der Waals surface area contributed by atoms with Gasteiger partial charge >= 0.3 is 12.2 Å². The van der Waals surface area contributed by atoms with Gasteiger partial charge in [0.15, 0.2) is 0 Å². The van der Waals surface area contributed by atoms with Crippen LogP contribution in [-0.4, -0.2) is 36.5 Å². The molecule has 0 aliphatic carbocycles. The number of anilines is 1. The Balaban J connectivity index is 1.73. The molecule has 0 bridgehead atoms. The summed E-state index contributed by atoms with van der Waals surface area (Å²) in [6.45, 7) is 1.10. The molecule has 0 aromatic heterocycles. The van der Waals surface area contributed by atoms with Crippen LogP contribution in [0, 0.1) is 11.2 Å². The van der Waals surface area contributed by atoms with Crippen LogP contribution < -0.4 is 10.6 Å². The van der Waals surface area contributed by atoms with E-state index in [1.165, 1.54) is 4.90 Å². The van der Waals surface area contributed by atoms with Gasteiger partial charge in [-0.1, -0.05) is 0 Å². The zero-order valence-corrected chi connectivity index (χ0v) is 12.5. The molecule has 1 aromatic carbocycles. The van der Waals surface area contributed by atoms with Crippen molar-refractivity contribution in [2.24, 2.45) is 5.41 Å². The van der Waals surface area contributed by atoms with E-state index in [9.17, 15) is 27.2 Å². The Morgan fingerprint density at radius 3 is 2.71 bits per heavy atom. The monoisotopic (exact) mass is 345 g/mol. The first kappa shape index (κ1) is 16.5. The Hall–Kier alpha value is -2.32. The second-order valence-electron chi connectivity index (χ2n) is 6.24. The highest BCUT2D eigenvalue weighted by Crippen LogP contribution is 2.38. The van der Waals surface area contributed by atoms with Crippen LogP contribution in [0.2, 0.25) is 0 Å². The van der Waals surface area contributed by atoms with Gasteiger partial charge in [-0.3, -0.25) is 4.79 Å². The van der Waals surface area contributed by atoms with Crippen LogP contribution in [0.15, 0.2) is 18.2 Å². The van der Waals surface area contributed by atoms with Crippen LogP contribution in [0.5, 0.6) is 0 Å². The molecule has 2 N–H and O–H groups in total. The summed E-state index contributed by atoms with van der Waals surface area (Å²) in [7, 11) is 0. The number of carbonyl (C=O) groups is 2. The molecule has 1 unspecified atom stereocenters. The number of amides is 3. The summed E-state index contributed by atoms with van der Waals surface area (Å²) in [5.74, 6) is -1.12. The molecule has 1 spiro atoms. The number of rotatable bonds is 1. The van der Waals surface area contributed by atoms with E-state index in [-0.39, 0.29) is 11.3 Å². The third kappa shape index (κ3) is 3.15. The van der Waals surface area contributed by atoms with Gasteiger partial charge in [0, 0.05) is 31.5 Å². The molecule has 1 atom stereocenters. The standard InChI is InChI=1S/C15H15F4N3O2/c16-9-1-2-11(10(5-9)15(17,18)19)21-13(24)22-4-3-14(8-22)6-12(23)20-7-14/h1-2,5H,3-4,6-8H2,(H,20,23)(H,21,24). The van der Waals surface area contributed by atoms with Crippen molar-refractivity contribution in [3.8, 4) is 0 Å². The van der Waals surface area contributed by atoms with Crippen molar-refractivity contribution in [1.82, 2.24) is 10.2 Å². The molecule has 2 aliphatic heterocycles. The van der Waals surface area contributed by atoms with E-state index in [4.69, 9.17) is 0 Å². The molecular weight excluding hydrogens is 330 g/mol. The number of alkyl halides is 3. The van der Waals surface area contributed by atoms with Gasteiger partial charge in [-0.25, -0.2) is 9.18 Å². The third-order valence-electron chi connectivity index (χ3n) is 4.45. The normalized spacial score (nSPS) is 23.7. The summed E-state index contributed by atoms with van der Waals surface area (Å²) >= 11 is 0. The number of halogens is 4. The lowest BCUT2D eigenvalue weighted by Gasteiger charge is -2.23. The molecular formula is C15H15F4N3O2. The summed E-state index contributed by atoms with van der Waals surface area (Å²) in [4.78, 5) is 25.0. The van der Waals surface area contributed by atoms with E-state index in [0.717, 1.165) is 12.1 Å². The van der Waals surface area contributed by atoms with Crippen molar-refractivity contribution >= 4 is 17.6 Å². The van der Waals surface area contributed by atoms with Gasteiger partial charge < -0.3 is 15.5 Å². The highest BCUT2D eigenvalue weighted by atomic mass is 19.4. The Labute approximate surface area is 135 Å². The maximum atomic E-state index is 13.1. The Kier molecular flexibility index (Phi) is 3.89. The van der Waals surface area contributed by atoms with Crippen molar-refractivity contribution in [1.29, 1.82) is 0 Å². The lowest BCUT2D eigenvalue weighted by Crippen LogP contribution is -2.36. The predicted octanol–water partition coefficient (Wildman–Crippen LogP) is 2.59. The number of benzene rings is 1. The van der Waals surface area contributed by atoms with Crippen molar-refractivity contribution in [3.63, 3.8) is 0 Å². The van der Waals surface area contributed by atoms with Crippen LogP contribution in [-0.2, 0) is 11.0 Å². The first-order chi connectivity index (χ1) is 11.2. The summed E-state index contributed by atoms with van der Waals surface area (Å²) in [6.07, 6.45) is -3.87. The molecule has 130 valence electrons. The van der Waals surface area contributed by atoms with Crippen molar-refractivity contribution < 1.29 is 27.2 Å². The minimum absolute atomic E-state index is 0.0878. The summed E-state index contributed by atoms with van der Waals surface area (Å²) in [5, 5.41) is 4.91. The van der Waals surface area contributed by atoms with Crippen LogP contribution in [0.4, 0.5) is 28.0 Å². The highest BCUT2D eigenvalue weighted by molar-refractivity contribution is 5.90. The number of urea groups is 1. The molecule has 9 heteroatoms. The topological polar surface area (TPSA) is 61.4 Å². The lowest BCUT2D eigenvalue weighted by atomic mass is 9.86. The lowest BCUT2D eigenvalue weighted by molar-refractivity contribution is -0.137. The van der Waals surface area contributed by atoms with Gasteiger partial charge in [0.25, 0.3) is 0 Å². The minimum atomic E-state index is -4.78. The Morgan fingerprint density at radius 1 is 1.33 bits per heavy atom. The van der Waals surface area contributed by atoms with E-state index in [2.05, 4.69) is 10.6 Å². The van der Waals surface area contributed by atoms with Gasteiger partial charge in [-0.05, 0) is 24.6 Å². The van der Waals surface area contributed by atoms with Crippen molar-refractivity contribution in [2.75, 3.05) is 25.0 Å². The number of hydrogen-bond donors (Lipinski definition) is 2. The predicted molar refractivity (Wildman–Crippen MR) is 76.7 cm³/mol. The number of likely N-dealkylation sites (tertiary alicyclic amines) is 1. The van der Waals surface area contributed by atoms with E-state index in [1.54, 1.807) is 0 Å². The van der Waals surface area contributed by atoms with Gasteiger partial charge in [-0.15, -0.1) is 0 Å². The molecule has 0 saturated carbocycles. The fourth-order valence-electron chi connectivity index (χ4n) is 3.20. The van der Waals surface area contributed by atoms with Crippen LogP contribution in [0.25, 0.3) is 0 Å². The van der Waals surface area contributed by atoms with E-state index in [1.807, 2.05) is 0 Å². The smallest absolute Gasteiger partial charge is 0.355 e. The maximum absolute atomic E-state index is 13.1. The van der Waals surface area contributed by atoms with E-state index >= 15 is 0 Å². The first-order valence-electron chi connectivity index (χ1n) is 7.38. The number of nitrogens with one attached hydrogen (secondary N) is 2. The fourth-order valence-corrected chi connectivity index (χ4v) is 3.20. The molecule has 5 nitrogen and oxygen atoms in total. The molecule has 24 heavy (non-hydrogen) atoms. The highest BCUT2D eigenvalue weighted by Gasteiger charge is 2.45. The quantitative estimate of drug-likeness (QED) is 0.769. The average molecular weight is 345 g/mol. The second-order valence-corrected chi connectivity index (χ2v) is 6.24. The molecule has 3 rings (SSSR count). The summed E-state index contributed by atoms with van der Waals surface area (Å²) in [5.41, 5.74) is -2.07. The molecule has 2 saturated heterocycles. The second kappa shape index (κ2) is 5.64. The summed E-state index contributed by atoms with van der Waals surface area (Å²) in [6, 6.07) is 1.40. The molecule has 0 radical (unpaired) electrons. The third-order valence-corrected chi connectivity index (χ3v) is 4.45. The maximum Gasteiger partial charge on any atom is 0.418 e. The molecule has 2 heterocycles. The molecule has 2 fully saturated rings. The Bertz CT molecular complexity index is 692. The largest absolute Gasteiger partial charge is 0.418 e. The van der Waals surface area contributed by atoms with E-state index in [0.29, 0.717) is 38.5 Å². The molecule has 1 aromatic rings. The fraction of sp³-hybridized carbons (Fsp3) is 0.467. The number of nitrogens with zero attached hydrogens (tertiary/aromatic N) is 1. The van der Waals surface area contributed by atoms with Crippen molar-refractivity contribution in [3.05, 3.63) is 29.6 Å². The van der Waals surface area contributed by atoms with Gasteiger partial charge in [0.1, 0.15) is 5.82 Å². The summed E-state index contributed by atoms with van der Waals surface area (Å²) < 4.78 is 52.0.